The van der Waals surface area contributed by atoms with Crippen molar-refractivity contribution >= 4 is 11.8 Å². The van der Waals surface area contributed by atoms with Gasteiger partial charge in [0.1, 0.15) is 6.33 Å². The van der Waals surface area contributed by atoms with Crippen molar-refractivity contribution in [3.63, 3.8) is 0 Å². The number of aryl methyl sites for hydroxylation is 2. The molecule has 96 valence electrons. The molecule has 0 bridgehead atoms. The maximum Gasteiger partial charge on any atom is 0.191 e. The Kier molecular flexibility index (Phi) is 4.04. The summed E-state index contributed by atoms with van der Waals surface area (Å²) in [5.41, 5.74) is 8.68. The molecule has 0 saturated heterocycles. The monoisotopic (exact) mass is 262 g/mol. The van der Waals surface area contributed by atoms with Crippen molar-refractivity contribution in [1.82, 2.24) is 14.8 Å². The molecule has 1 aromatic carbocycles. The van der Waals surface area contributed by atoms with Gasteiger partial charge in [0.2, 0.25) is 0 Å². The number of rotatable bonds is 4. The van der Waals surface area contributed by atoms with E-state index in [1.165, 1.54) is 5.56 Å². The minimum absolute atomic E-state index is 0.00713. The summed E-state index contributed by atoms with van der Waals surface area (Å²) in [5.74, 6) is 0. The fraction of sp³-hybridized carbons (Fsp3) is 0.385. The van der Waals surface area contributed by atoms with Gasteiger partial charge < -0.3 is 10.3 Å². The first-order valence-corrected chi connectivity index (χ1v) is 6.78. The number of nitrogens with two attached hydrogens (primary N) is 1. The van der Waals surface area contributed by atoms with Gasteiger partial charge in [-0.3, -0.25) is 0 Å². The summed E-state index contributed by atoms with van der Waals surface area (Å²) in [4.78, 5) is 0. The Morgan fingerprint density at radius 1 is 1.28 bits per heavy atom. The Hall–Kier alpha value is -1.33. The van der Waals surface area contributed by atoms with Gasteiger partial charge in [0.25, 0.3) is 0 Å². The fourth-order valence-corrected chi connectivity index (χ4v) is 2.62. The molecule has 0 fully saturated rings. The van der Waals surface area contributed by atoms with Gasteiger partial charge in [-0.15, -0.1) is 10.2 Å². The van der Waals surface area contributed by atoms with Gasteiger partial charge in [-0.05, 0) is 12.5 Å². The van der Waals surface area contributed by atoms with E-state index in [1.54, 1.807) is 18.1 Å². The minimum atomic E-state index is -0.00713. The highest BCUT2D eigenvalue weighted by Gasteiger charge is 2.18. The predicted octanol–water partition coefficient (Wildman–Crippen LogP) is 2.30. The molecule has 1 heterocycles. The molecule has 0 amide bonds. The van der Waals surface area contributed by atoms with Crippen LogP contribution in [0.1, 0.15) is 24.1 Å². The highest BCUT2D eigenvalue weighted by Crippen LogP contribution is 2.29. The molecule has 2 atom stereocenters. The molecule has 2 unspecified atom stereocenters. The molecule has 0 spiro atoms. The lowest BCUT2D eigenvalue weighted by Gasteiger charge is -2.19. The molecular formula is C13H18N4S. The third-order valence-electron chi connectivity index (χ3n) is 2.93. The second-order valence-corrected chi connectivity index (χ2v) is 5.83. The molecule has 4 nitrogen and oxygen atoms in total. The number of nitrogens with zero attached hydrogens (tertiary/aromatic N) is 3. The van der Waals surface area contributed by atoms with Gasteiger partial charge in [-0.2, -0.15) is 0 Å². The minimum Gasteiger partial charge on any atom is -0.323 e. The molecule has 2 rings (SSSR count). The van der Waals surface area contributed by atoms with E-state index in [0.717, 1.165) is 10.7 Å². The SMILES string of the molecule is Cc1ccc(C(N)C(C)Sc2nncn2C)cc1. The van der Waals surface area contributed by atoms with Crippen LogP contribution in [-0.4, -0.2) is 20.0 Å². The molecule has 2 aromatic rings. The van der Waals surface area contributed by atoms with Crippen LogP contribution in [0.25, 0.3) is 0 Å². The third-order valence-corrected chi connectivity index (χ3v) is 4.17. The van der Waals surface area contributed by atoms with Crippen LogP contribution in [0.5, 0.6) is 0 Å². The van der Waals surface area contributed by atoms with Crippen LogP contribution in [0, 0.1) is 6.92 Å². The number of hydrogen-bond acceptors (Lipinski definition) is 4. The number of hydrogen-bond donors (Lipinski definition) is 1. The van der Waals surface area contributed by atoms with Crippen molar-refractivity contribution in [1.29, 1.82) is 0 Å². The van der Waals surface area contributed by atoms with E-state index in [-0.39, 0.29) is 11.3 Å². The first-order valence-electron chi connectivity index (χ1n) is 5.90. The molecule has 0 aliphatic heterocycles. The lowest BCUT2D eigenvalue weighted by molar-refractivity contribution is 0.704. The van der Waals surface area contributed by atoms with Crippen molar-refractivity contribution in [3.05, 3.63) is 41.7 Å². The molecule has 0 radical (unpaired) electrons. The van der Waals surface area contributed by atoms with Crippen LogP contribution >= 0.6 is 11.8 Å². The summed E-state index contributed by atoms with van der Waals surface area (Å²) in [5, 5.41) is 9.08. The molecule has 18 heavy (non-hydrogen) atoms. The van der Waals surface area contributed by atoms with Crippen molar-refractivity contribution < 1.29 is 0 Å². The van der Waals surface area contributed by atoms with Gasteiger partial charge in [-0.1, -0.05) is 48.5 Å². The van der Waals surface area contributed by atoms with Crippen molar-refractivity contribution in [2.75, 3.05) is 0 Å². The second-order valence-electron chi connectivity index (χ2n) is 4.48. The van der Waals surface area contributed by atoms with Crippen molar-refractivity contribution in [2.45, 2.75) is 30.3 Å². The summed E-state index contributed by atoms with van der Waals surface area (Å²) in [6.45, 7) is 4.19. The Bertz CT molecular complexity index is 506. The second kappa shape index (κ2) is 5.54. The highest BCUT2D eigenvalue weighted by molar-refractivity contribution is 7.99. The van der Waals surface area contributed by atoms with Crippen LogP contribution in [0.15, 0.2) is 35.7 Å². The summed E-state index contributed by atoms with van der Waals surface area (Å²) in [6.07, 6.45) is 1.70. The van der Waals surface area contributed by atoms with Crippen molar-refractivity contribution in [2.24, 2.45) is 12.8 Å². The van der Waals surface area contributed by atoms with Crippen LogP contribution in [0.2, 0.25) is 0 Å². The number of thioether (sulfide) groups is 1. The zero-order valence-corrected chi connectivity index (χ0v) is 11.7. The van der Waals surface area contributed by atoms with Gasteiger partial charge in [0.15, 0.2) is 5.16 Å². The zero-order chi connectivity index (χ0) is 13.1. The molecule has 0 aliphatic rings. The third kappa shape index (κ3) is 2.91. The Morgan fingerprint density at radius 3 is 2.50 bits per heavy atom. The maximum atomic E-state index is 6.28. The topological polar surface area (TPSA) is 56.7 Å². The van der Waals surface area contributed by atoms with E-state index >= 15 is 0 Å². The smallest absolute Gasteiger partial charge is 0.191 e. The Labute approximate surface area is 112 Å². The largest absolute Gasteiger partial charge is 0.323 e. The normalized spacial score (nSPS) is 14.4. The van der Waals surface area contributed by atoms with Gasteiger partial charge >= 0.3 is 0 Å². The summed E-state index contributed by atoms with van der Waals surface area (Å²) in [7, 11) is 1.94. The van der Waals surface area contributed by atoms with Gasteiger partial charge in [-0.25, -0.2) is 0 Å². The van der Waals surface area contributed by atoms with E-state index in [1.807, 2.05) is 11.6 Å². The molecule has 0 aliphatic carbocycles. The van der Waals surface area contributed by atoms with E-state index in [9.17, 15) is 0 Å². The lowest BCUT2D eigenvalue weighted by Crippen LogP contribution is -2.21. The Morgan fingerprint density at radius 2 is 1.94 bits per heavy atom. The first-order chi connectivity index (χ1) is 8.58. The van der Waals surface area contributed by atoms with Crippen LogP contribution < -0.4 is 5.73 Å². The summed E-state index contributed by atoms with van der Waals surface area (Å²) < 4.78 is 1.91. The molecule has 0 saturated carbocycles. The van der Waals surface area contributed by atoms with Crippen LogP contribution in [-0.2, 0) is 7.05 Å². The molecule has 1 aromatic heterocycles. The van der Waals surface area contributed by atoms with E-state index in [0.29, 0.717) is 0 Å². The number of benzene rings is 1. The Balaban J connectivity index is 2.07. The summed E-state index contributed by atoms with van der Waals surface area (Å²) >= 11 is 1.65. The predicted molar refractivity (Wildman–Crippen MR) is 74.4 cm³/mol. The molecule has 2 N–H and O–H groups in total. The van der Waals surface area contributed by atoms with Crippen molar-refractivity contribution in [3.8, 4) is 0 Å². The first kappa shape index (κ1) is 13.1. The average molecular weight is 262 g/mol. The van der Waals surface area contributed by atoms with E-state index in [4.69, 9.17) is 5.73 Å². The number of aromatic nitrogens is 3. The molecular weight excluding hydrogens is 244 g/mol. The average Bonchev–Trinajstić information content (AvgIpc) is 2.75. The zero-order valence-electron chi connectivity index (χ0n) is 10.9. The quantitative estimate of drug-likeness (QED) is 0.859. The van der Waals surface area contributed by atoms with Crippen LogP contribution in [0.4, 0.5) is 0 Å². The fourth-order valence-electron chi connectivity index (χ4n) is 1.68. The maximum absolute atomic E-state index is 6.28. The standard InChI is InChI=1S/C13H18N4S/c1-9-4-6-11(7-5-9)12(14)10(2)18-13-16-15-8-17(13)3/h4-8,10,12H,14H2,1-3H3. The van der Waals surface area contributed by atoms with Crippen LogP contribution in [0.3, 0.4) is 0 Å². The summed E-state index contributed by atoms with van der Waals surface area (Å²) in [6, 6.07) is 8.36. The van der Waals surface area contributed by atoms with Gasteiger partial charge in [0, 0.05) is 18.3 Å². The van der Waals surface area contributed by atoms with E-state index in [2.05, 4.69) is 48.3 Å². The molecule has 5 heteroatoms. The van der Waals surface area contributed by atoms with Gasteiger partial charge in [0.05, 0.1) is 0 Å². The highest BCUT2D eigenvalue weighted by atomic mass is 32.2. The van der Waals surface area contributed by atoms with E-state index < -0.39 is 0 Å². The lowest BCUT2D eigenvalue weighted by atomic mass is 10.0.